The van der Waals surface area contributed by atoms with Gasteiger partial charge in [0.1, 0.15) is 6.61 Å². The molecule has 0 saturated heterocycles. The van der Waals surface area contributed by atoms with E-state index in [-0.39, 0.29) is 22.3 Å². The number of anilines is 2. The van der Waals surface area contributed by atoms with Crippen LogP contribution >= 0.6 is 0 Å². The predicted octanol–water partition coefficient (Wildman–Crippen LogP) is 4.71. The van der Waals surface area contributed by atoms with Crippen LogP contribution in [0.15, 0.2) is 49.1 Å². The quantitative estimate of drug-likeness (QED) is 0.173. The molecule has 4 aromatic rings. The van der Waals surface area contributed by atoms with E-state index in [0.29, 0.717) is 34.8 Å². The maximum absolute atomic E-state index is 12.3. The summed E-state index contributed by atoms with van der Waals surface area (Å²) in [5.74, 6) is 1.52. The number of fused-ring (bicyclic) bond motifs is 2. The summed E-state index contributed by atoms with van der Waals surface area (Å²) >= 11 is 0. The zero-order valence-electron chi connectivity index (χ0n) is 28.1. The normalized spacial score (nSPS) is 35.9. The molecule has 260 valence electrons. The number of nitrogens with two attached hydrogens (primary N) is 1. The van der Waals surface area contributed by atoms with Crippen LogP contribution in [0.2, 0.25) is 0 Å². The van der Waals surface area contributed by atoms with Crippen molar-refractivity contribution in [2.24, 2.45) is 34.8 Å². The number of carbonyl (C=O) groups excluding carboxylic acids is 2. The van der Waals surface area contributed by atoms with Crippen LogP contribution in [0.1, 0.15) is 97.8 Å². The lowest BCUT2D eigenvalue weighted by Gasteiger charge is -2.60. The lowest BCUT2D eigenvalue weighted by molar-refractivity contribution is -0.127. The summed E-state index contributed by atoms with van der Waals surface area (Å²) in [4.78, 5) is 24.2. The van der Waals surface area contributed by atoms with E-state index < -0.39 is 18.1 Å². The van der Waals surface area contributed by atoms with Crippen LogP contribution in [-0.2, 0) is 0 Å². The summed E-state index contributed by atoms with van der Waals surface area (Å²) in [5, 5.41) is 46.1. The van der Waals surface area contributed by atoms with E-state index in [2.05, 4.69) is 26.9 Å². The van der Waals surface area contributed by atoms with Gasteiger partial charge < -0.3 is 26.6 Å². The Hall–Kier alpha value is -4.47. The molecular formula is C38H44N8O4. The van der Waals surface area contributed by atoms with Crippen molar-refractivity contribution in [3.63, 3.8) is 0 Å². The molecule has 8 aliphatic rings. The summed E-state index contributed by atoms with van der Waals surface area (Å²) in [6, 6.07) is 10.3. The Kier molecular flexibility index (Phi) is 6.94. The fourth-order valence-electron chi connectivity index (χ4n) is 12.2. The molecule has 12 nitrogen and oxygen atoms in total. The minimum atomic E-state index is -0.566. The molecule has 4 heterocycles. The lowest BCUT2D eigenvalue weighted by atomic mass is 9.47. The molecule has 4 aromatic heterocycles. The van der Waals surface area contributed by atoms with E-state index >= 15 is 0 Å². The van der Waals surface area contributed by atoms with Gasteiger partial charge in [-0.1, -0.05) is 0 Å². The first-order chi connectivity index (χ1) is 24.0. The highest BCUT2D eigenvalue weighted by molar-refractivity contribution is 6.05. The number of nitrogens with one attached hydrogen (secondary N) is 2. The summed E-state index contributed by atoms with van der Waals surface area (Å²) in [7, 11) is 0. The second-order valence-corrected chi connectivity index (χ2v) is 16.8. The largest absolute Gasteiger partial charge is 0.390 e. The number of aromatic nitrogens is 4. The van der Waals surface area contributed by atoms with Crippen molar-refractivity contribution < 1.29 is 19.8 Å². The molecule has 50 heavy (non-hydrogen) atoms. The fourth-order valence-corrected chi connectivity index (χ4v) is 12.2. The molecule has 8 atom stereocenters. The van der Waals surface area contributed by atoms with E-state index in [1.54, 1.807) is 9.03 Å². The molecule has 12 heteroatoms. The maximum Gasteiger partial charge on any atom is 0.252 e. The molecule has 0 aromatic carbocycles. The Bertz CT molecular complexity index is 2050. The van der Waals surface area contributed by atoms with Gasteiger partial charge in [0.15, 0.2) is 5.78 Å². The van der Waals surface area contributed by atoms with Crippen molar-refractivity contribution >= 4 is 34.1 Å². The highest BCUT2D eigenvalue weighted by Gasteiger charge is 2.59. The first kappa shape index (κ1) is 31.5. The third kappa shape index (κ3) is 5.08. The van der Waals surface area contributed by atoms with Crippen LogP contribution in [0.25, 0.3) is 11.0 Å². The van der Waals surface area contributed by atoms with Gasteiger partial charge in [0.2, 0.25) is 0 Å². The van der Waals surface area contributed by atoms with Gasteiger partial charge in [-0.2, -0.15) is 15.5 Å². The van der Waals surface area contributed by atoms with Crippen molar-refractivity contribution in [2.75, 3.05) is 17.2 Å². The van der Waals surface area contributed by atoms with E-state index in [9.17, 15) is 25.1 Å². The van der Waals surface area contributed by atoms with Gasteiger partial charge in [-0.05, 0) is 125 Å². The maximum atomic E-state index is 12.3. The van der Waals surface area contributed by atoms with Gasteiger partial charge in [-0.25, -0.2) is 9.03 Å². The first-order valence-electron chi connectivity index (χ1n) is 18.1. The Morgan fingerprint density at radius 3 is 1.82 bits per heavy atom. The van der Waals surface area contributed by atoms with Crippen molar-refractivity contribution in [3.8, 4) is 6.07 Å². The third-order valence-electron chi connectivity index (χ3n) is 12.9. The lowest BCUT2D eigenvalue weighted by Crippen LogP contribution is -2.62. The van der Waals surface area contributed by atoms with E-state index in [4.69, 9.17) is 5.73 Å². The summed E-state index contributed by atoms with van der Waals surface area (Å²) in [5.41, 5.74) is 8.61. The number of amides is 1. The molecule has 8 bridgehead atoms. The average Bonchev–Trinajstić information content (AvgIpc) is 3.73. The molecule has 12 rings (SSSR count). The van der Waals surface area contributed by atoms with Gasteiger partial charge in [0.05, 0.1) is 63.0 Å². The number of Topliss-reactive ketones (excluding diaryl/α,β-unsaturated/α-hetero) is 1. The molecule has 8 saturated carbocycles. The minimum absolute atomic E-state index is 0.115. The SMILES string of the molecule is N#CC12C[C@H]3C[C@@H](C1)CC(Nc1c(C(N)=O)cnn4cccc14)(C3)C2.O=C(CO)c1cnn2cccc2c1NC12C[C@@H]3C[C@@H](CC(O)(C3)C1)C2. The molecule has 6 N–H and O–H groups in total. The number of hydrogen-bond acceptors (Lipinski definition) is 9. The van der Waals surface area contributed by atoms with E-state index in [1.807, 2.05) is 36.7 Å². The highest BCUT2D eigenvalue weighted by Crippen LogP contribution is 2.62. The third-order valence-corrected chi connectivity index (χ3v) is 12.9. The fraction of sp³-hybridized carbons (Fsp3) is 0.553. The van der Waals surface area contributed by atoms with Crippen molar-refractivity contribution in [3.05, 3.63) is 60.2 Å². The molecule has 0 radical (unpaired) electrons. The topological polar surface area (TPSA) is 183 Å². The molecule has 4 unspecified atom stereocenters. The molecule has 8 aliphatic carbocycles. The Morgan fingerprint density at radius 1 is 0.820 bits per heavy atom. The number of hydrogen-bond donors (Lipinski definition) is 5. The highest BCUT2D eigenvalue weighted by atomic mass is 16.3. The number of nitriles is 1. The van der Waals surface area contributed by atoms with Crippen molar-refractivity contribution in [1.29, 1.82) is 5.26 Å². The molecular weight excluding hydrogens is 632 g/mol. The summed E-state index contributed by atoms with van der Waals surface area (Å²) < 4.78 is 3.50. The zero-order chi connectivity index (χ0) is 34.5. The van der Waals surface area contributed by atoms with Crippen LogP contribution in [0, 0.1) is 40.4 Å². The molecule has 0 spiro atoms. The van der Waals surface area contributed by atoms with Crippen LogP contribution in [0.5, 0.6) is 0 Å². The van der Waals surface area contributed by atoms with Gasteiger partial charge in [-0.3, -0.25) is 9.59 Å². The second-order valence-electron chi connectivity index (χ2n) is 16.8. The Morgan fingerprint density at radius 2 is 1.32 bits per heavy atom. The first-order valence-corrected chi connectivity index (χ1v) is 18.1. The van der Waals surface area contributed by atoms with Crippen molar-refractivity contribution in [2.45, 2.75) is 93.7 Å². The monoisotopic (exact) mass is 676 g/mol. The van der Waals surface area contributed by atoms with Crippen LogP contribution in [0.4, 0.5) is 11.4 Å². The molecule has 8 fully saturated rings. The van der Waals surface area contributed by atoms with E-state index in [1.165, 1.54) is 25.2 Å². The zero-order valence-corrected chi connectivity index (χ0v) is 28.1. The number of nitrogens with zero attached hydrogens (tertiary/aromatic N) is 5. The summed E-state index contributed by atoms with van der Waals surface area (Å²) in [6.07, 6.45) is 18.9. The van der Waals surface area contributed by atoms with Crippen LogP contribution < -0.4 is 16.4 Å². The predicted molar refractivity (Wildman–Crippen MR) is 185 cm³/mol. The van der Waals surface area contributed by atoms with Crippen molar-refractivity contribution in [1.82, 2.24) is 19.2 Å². The minimum Gasteiger partial charge on any atom is -0.390 e. The standard InChI is InChI=1S/C19H21N5O.C19H23N3O3/c20-11-18-5-12-4-13(6-18)8-19(7-12,10-18)23-16-14(17(21)25)9-22-24-3-1-2-15(16)24;23-10-16(24)14-9-20-22-3-1-2-15(22)17(14)21-18-5-12-4-13(6-18)8-19(25,7-12)11-18/h1-3,9,12-13,23H,4-8,10H2,(H2,21,25);1-3,9,12-13,21,23,25H,4-8,10-11H2/t2*12-,13+,18?,19?. The van der Waals surface area contributed by atoms with Crippen LogP contribution in [-0.4, -0.2) is 64.4 Å². The van der Waals surface area contributed by atoms with Gasteiger partial charge in [0.25, 0.3) is 5.91 Å². The molecule has 1 amide bonds. The Balaban J connectivity index is 0.000000135. The Labute approximate surface area is 290 Å². The summed E-state index contributed by atoms with van der Waals surface area (Å²) in [6.45, 7) is -0.532. The smallest absolute Gasteiger partial charge is 0.252 e. The number of aliphatic hydroxyl groups excluding tert-OH is 1. The second kappa shape index (κ2) is 11.0. The average molecular weight is 677 g/mol. The number of primary amides is 1. The number of ketones is 1. The number of aliphatic hydroxyl groups is 2. The van der Waals surface area contributed by atoms with Gasteiger partial charge in [0, 0.05) is 23.5 Å². The number of carbonyl (C=O) groups is 2. The number of rotatable bonds is 7. The van der Waals surface area contributed by atoms with E-state index in [0.717, 1.165) is 86.6 Å². The van der Waals surface area contributed by atoms with Crippen LogP contribution in [0.3, 0.4) is 0 Å². The van der Waals surface area contributed by atoms with Gasteiger partial charge >= 0.3 is 0 Å². The van der Waals surface area contributed by atoms with Gasteiger partial charge in [-0.15, -0.1) is 0 Å². The molecule has 0 aliphatic heterocycles.